The van der Waals surface area contributed by atoms with Crippen LogP contribution in [0.5, 0.6) is 0 Å². The molecule has 10 nitrogen and oxygen atoms in total. The van der Waals surface area contributed by atoms with Gasteiger partial charge in [-0.15, -0.1) is 0 Å². The number of nitrogens with zero attached hydrogens (tertiary/aromatic N) is 3. The molecule has 1 aromatic rings. The summed E-state index contributed by atoms with van der Waals surface area (Å²) in [6.45, 7) is 7.08. The van der Waals surface area contributed by atoms with Gasteiger partial charge in [-0.2, -0.15) is 4.31 Å². The predicted octanol–water partition coefficient (Wildman–Crippen LogP) is 1.55. The molecule has 1 aliphatic heterocycles. The third-order valence-electron chi connectivity index (χ3n) is 4.97. The fourth-order valence-electron chi connectivity index (χ4n) is 3.21. The Balaban J connectivity index is 2.17. The fourth-order valence-corrected chi connectivity index (χ4v) is 4.91. The predicted molar refractivity (Wildman–Crippen MR) is 114 cm³/mol. The number of nitrogens with one attached hydrogen (secondary N) is 1. The Morgan fingerprint density at radius 3 is 2.23 bits per heavy atom. The minimum Gasteiger partial charge on any atom is -0.324 e. The van der Waals surface area contributed by atoms with E-state index < -0.39 is 40.3 Å². The molecule has 0 radical (unpaired) electrons. The Morgan fingerprint density at radius 2 is 1.65 bits per heavy atom. The molecule has 11 heteroatoms. The highest BCUT2D eigenvalue weighted by atomic mass is 32.2. The number of carbonyl (C=O) groups is 4. The Kier molecular flexibility index (Phi) is 7.91. The molecular weight excluding hydrogens is 424 g/mol. The highest BCUT2D eigenvalue weighted by molar-refractivity contribution is 7.89. The zero-order chi connectivity index (χ0) is 23.3. The second-order valence-electron chi connectivity index (χ2n) is 7.10. The van der Waals surface area contributed by atoms with Crippen molar-refractivity contribution in [2.24, 2.45) is 0 Å². The van der Waals surface area contributed by atoms with E-state index >= 15 is 0 Å². The molecule has 1 heterocycles. The summed E-state index contributed by atoms with van der Waals surface area (Å²) in [5.41, 5.74) is 0.724. The van der Waals surface area contributed by atoms with Gasteiger partial charge in [0, 0.05) is 25.3 Å². The van der Waals surface area contributed by atoms with E-state index in [2.05, 4.69) is 5.32 Å². The highest BCUT2D eigenvalue weighted by Gasteiger charge is 2.44. The van der Waals surface area contributed by atoms with Crippen LogP contribution in [0.2, 0.25) is 0 Å². The molecule has 1 aliphatic rings. The number of imide groups is 2. The van der Waals surface area contributed by atoms with Gasteiger partial charge in [0.2, 0.25) is 15.9 Å². The molecule has 0 unspecified atom stereocenters. The molecule has 1 N–H and O–H groups in total. The normalized spacial score (nSPS) is 14.7. The highest BCUT2D eigenvalue weighted by Crippen LogP contribution is 2.24. The Morgan fingerprint density at radius 1 is 1.03 bits per heavy atom. The van der Waals surface area contributed by atoms with Gasteiger partial charge < -0.3 is 5.32 Å². The van der Waals surface area contributed by atoms with Crippen molar-refractivity contribution in [1.29, 1.82) is 0 Å². The van der Waals surface area contributed by atoms with Crippen molar-refractivity contribution in [2.75, 3.05) is 31.5 Å². The Bertz CT molecular complexity index is 987. The number of amides is 5. The molecule has 1 fully saturated rings. The smallest absolute Gasteiger partial charge is 0.324 e. The summed E-state index contributed by atoms with van der Waals surface area (Å²) in [5.74, 6) is -2.72. The quantitative estimate of drug-likeness (QED) is 0.424. The maximum Gasteiger partial charge on any atom is 0.334 e. The van der Waals surface area contributed by atoms with Crippen LogP contribution in [0.3, 0.4) is 0 Å². The second-order valence-corrected chi connectivity index (χ2v) is 9.01. The van der Waals surface area contributed by atoms with E-state index in [0.29, 0.717) is 30.0 Å². The van der Waals surface area contributed by atoms with E-state index in [1.807, 2.05) is 6.92 Å². The van der Waals surface area contributed by atoms with E-state index in [1.54, 1.807) is 26.8 Å². The molecule has 5 amide bonds. The van der Waals surface area contributed by atoms with Crippen molar-refractivity contribution in [2.45, 2.75) is 45.4 Å². The fraction of sp³-hybridized carbons (Fsp3) is 0.500. The molecule has 0 atom stereocenters. The topological polar surface area (TPSA) is 124 Å². The van der Waals surface area contributed by atoms with Gasteiger partial charge in [0.15, 0.2) is 0 Å². The summed E-state index contributed by atoms with van der Waals surface area (Å²) in [5, 5.41) is 2.50. The minimum atomic E-state index is -3.74. The molecule has 0 saturated carbocycles. The van der Waals surface area contributed by atoms with Gasteiger partial charge in [-0.1, -0.05) is 33.3 Å². The molecule has 0 spiro atoms. The molecule has 170 valence electrons. The van der Waals surface area contributed by atoms with Crippen LogP contribution in [0.1, 0.15) is 39.2 Å². The zero-order valence-electron chi connectivity index (χ0n) is 18.2. The maximum absolute atomic E-state index is 12.8. The largest absolute Gasteiger partial charge is 0.334 e. The van der Waals surface area contributed by atoms with Crippen LogP contribution >= 0.6 is 0 Å². The van der Waals surface area contributed by atoms with Crippen LogP contribution in [-0.4, -0.2) is 72.5 Å². The van der Waals surface area contributed by atoms with E-state index in [-0.39, 0.29) is 17.1 Å². The van der Waals surface area contributed by atoms with E-state index in [9.17, 15) is 27.6 Å². The van der Waals surface area contributed by atoms with Crippen LogP contribution in [0, 0.1) is 6.92 Å². The van der Waals surface area contributed by atoms with Gasteiger partial charge in [0.25, 0.3) is 0 Å². The van der Waals surface area contributed by atoms with Crippen molar-refractivity contribution < 1.29 is 27.6 Å². The average molecular weight is 453 g/mol. The second kappa shape index (κ2) is 10.0. The van der Waals surface area contributed by atoms with Crippen LogP contribution < -0.4 is 5.32 Å². The molecule has 31 heavy (non-hydrogen) atoms. The Hall–Kier alpha value is -2.79. The number of hydrogen-bond acceptors (Lipinski definition) is 6. The lowest BCUT2D eigenvalue weighted by Crippen LogP contribution is -2.39. The number of sulfonamides is 1. The van der Waals surface area contributed by atoms with Crippen LogP contribution in [0.15, 0.2) is 23.1 Å². The lowest BCUT2D eigenvalue weighted by molar-refractivity contribution is -0.143. The van der Waals surface area contributed by atoms with Gasteiger partial charge in [-0.3, -0.25) is 19.3 Å². The lowest BCUT2D eigenvalue weighted by atomic mass is 10.2. The first kappa shape index (κ1) is 24.5. The van der Waals surface area contributed by atoms with Crippen molar-refractivity contribution in [3.8, 4) is 0 Å². The van der Waals surface area contributed by atoms with Gasteiger partial charge in [-0.25, -0.2) is 18.1 Å². The first-order chi connectivity index (χ1) is 14.6. The number of hydrogen-bond donors (Lipinski definition) is 1. The minimum absolute atomic E-state index is 0.0586. The number of anilines is 1. The van der Waals surface area contributed by atoms with Gasteiger partial charge in [0.05, 0.1) is 4.90 Å². The first-order valence-electron chi connectivity index (χ1n) is 10.2. The molecule has 0 aromatic heterocycles. The summed E-state index contributed by atoms with van der Waals surface area (Å²) in [6.07, 6.45) is 1.29. The summed E-state index contributed by atoms with van der Waals surface area (Å²) in [6, 6.07) is 3.61. The standard InChI is InChI=1S/C20H28N4O6S/c1-5-8-11-23-18(26)19(27)24(20(23)28)13-17(25)21-15-10-9-14(4)16(12-15)31(29,30)22(6-2)7-3/h9-10,12H,5-8,11,13H2,1-4H3,(H,21,25). The summed E-state index contributed by atoms with van der Waals surface area (Å²) < 4.78 is 27.0. The van der Waals surface area contributed by atoms with Crippen molar-refractivity contribution in [3.63, 3.8) is 0 Å². The van der Waals surface area contributed by atoms with Crippen molar-refractivity contribution in [1.82, 2.24) is 14.1 Å². The zero-order valence-corrected chi connectivity index (χ0v) is 19.0. The number of benzene rings is 1. The number of carbonyl (C=O) groups excluding carboxylic acids is 4. The molecule has 0 aliphatic carbocycles. The number of urea groups is 1. The van der Waals surface area contributed by atoms with Crippen molar-refractivity contribution >= 4 is 39.5 Å². The van der Waals surface area contributed by atoms with Crippen LogP contribution in [0.25, 0.3) is 0 Å². The van der Waals surface area contributed by atoms with Crippen LogP contribution in [-0.2, 0) is 24.4 Å². The monoisotopic (exact) mass is 452 g/mol. The van der Waals surface area contributed by atoms with Crippen molar-refractivity contribution in [3.05, 3.63) is 23.8 Å². The maximum atomic E-state index is 12.8. The lowest BCUT2D eigenvalue weighted by Gasteiger charge is -2.20. The van der Waals surface area contributed by atoms with Gasteiger partial charge >= 0.3 is 17.8 Å². The molecule has 0 bridgehead atoms. The van der Waals surface area contributed by atoms with Gasteiger partial charge in [-0.05, 0) is 31.0 Å². The average Bonchev–Trinajstić information content (AvgIpc) is 2.91. The number of rotatable bonds is 10. The van der Waals surface area contributed by atoms with Crippen LogP contribution in [0.4, 0.5) is 10.5 Å². The van der Waals surface area contributed by atoms with E-state index in [0.717, 1.165) is 11.3 Å². The number of aryl methyl sites for hydroxylation is 1. The summed E-state index contributed by atoms with van der Waals surface area (Å²) >= 11 is 0. The molecular formula is C20H28N4O6S. The number of unbranched alkanes of at least 4 members (excludes halogenated alkanes) is 1. The summed E-state index contributed by atoms with van der Waals surface area (Å²) in [7, 11) is -3.74. The Labute approximate surface area is 182 Å². The molecule has 2 rings (SSSR count). The van der Waals surface area contributed by atoms with E-state index in [4.69, 9.17) is 0 Å². The SMILES string of the molecule is CCCCN1C(=O)C(=O)N(CC(=O)Nc2ccc(C)c(S(=O)(=O)N(CC)CC)c2)C1=O. The van der Waals surface area contributed by atoms with Gasteiger partial charge in [0.1, 0.15) is 6.54 Å². The molecule has 1 saturated heterocycles. The third kappa shape index (κ3) is 5.10. The first-order valence-corrected chi connectivity index (χ1v) is 11.6. The third-order valence-corrected chi connectivity index (χ3v) is 7.16. The summed E-state index contributed by atoms with van der Waals surface area (Å²) in [4.78, 5) is 50.3. The van der Waals surface area contributed by atoms with E-state index in [1.165, 1.54) is 16.4 Å². The molecule has 1 aromatic carbocycles.